The Morgan fingerprint density at radius 1 is 0.415 bits per heavy atom. The minimum Gasteiger partial charge on any atom is -0.455 e. The van der Waals surface area contributed by atoms with E-state index in [4.69, 9.17) is 26.2 Å². The van der Waals surface area contributed by atoms with Gasteiger partial charge in [0, 0.05) is 49.3 Å². The smallest absolute Gasteiger partial charge is 0.167 e. The van der Waals surface area contributed by atoms with Gasteiger partial charge in [-0.25, -0.2) is 15.0 Å². The van der Waals surface area contributed by atoms with Crippen LogP contribution < -0.4 is 0 Å². The first-order valence-electron chi connectivity index (χ1n) is 24.3. The third kappa shape index (κ3) is 5.82. The van der Waals surface area contributed by atoms with Crippen LogP contribution in [-0.4, -0.2) is 19.5 Å². The zero-order valence-electron chi connectivity index (χ0n) is 40.4. The molecule has 5 heteroatoms. The van der Waals surface area contributed by atoms with Gasteiger partial charge < -0.3 is 8.98 Å². The first-order chi connectivity index (χ1) is 34.0. The normalized spacial score (nSPS) is 14.0. The maximum atomic E-state index is 9.12. The highest BCUT2D eigenvalue weighted by Gasteiger charge is 2.35. The summed E-state index contributed by atoms with van der Waals surface area (Å²) in [5.74, 6) is 0.449. The molecule has 0 spiro atoms. The molecule has 0 radical (unpaired) electrons. The maximum absolute atomic E-state index is 9.12. The van der Waals surface area contributed by atoms with Crippen LogP contribution in [0.1, 0.15) is 31.8 Å². The largest absolute Gasteiger partial charge is 0.455 e. The third-order valence-corrected chi connectivity index (χ3v) is 13.1. The van der Waals surface area contributed by atoms with E-state index in [2.05, 4.69) is 152 Å². The summed E-state index contributed by atoms with van der Waals surface area (Å²) >= 11 is 0. The molecule has 9 aromatic carbocycles. The van der Waals surface area contributed by atoms with Crippen molar-refractivity contribution < 1.29 is 11.3 Å². The van der Waals surface area contributed by atoms with Crippen molar-refractivity contribution in [3.8, 4) is 73.2 Å². The highest BCUT2D eigenvalue weighted by atomic mass is 16.3. The number of fused-ring (bicyclic) bond motifs is 9. The van der Waals surface area contributed by atoms with E-state index in [1.807, 2.05) is 42.5 Å². The lowest BCUT2D eigenvalue weighted by molar-refractivity contribution is 0.660. The van der Waals surface area contributed by atoms with Gasteiger partial charge in [-0.15, -0.1) is 0 Å². The average Bonchev–Trinajstić information content (AvgIpc) is 4.02. The standard InChI is InChI=1S/C60H40N4O/c1-60(2)51-28-12-9-23-44(51)45-32-31-41(34-52(45)60)58-61-57(38-19-7-4-8-20-38)62-59(63-58)50-36-42(64-53-29-13-10-24-46(53)47-25-11-14-30-54(47)64)35-49-48-27-16-26-43(55(48)65-56(49)50)40-22-15-21-39(33-40)37-17-5-3-6-18-37/h3-36H,1-2H3/i4D,7D,8D,19D,20D. The number of hydrogen-bond acceptors (Lipinski definition) is 4. The Morgan fingerprint density at radius 3 is 1.82 bits per heavy atom. The van der Waals surface area contributed by atoms with Crippen LogP contribution >= 0.6 is 0 Å². The third-order valence-electron chi connectivity index (χ3n) is 13.1. The van der Waals surface area contributed by atoms with Gasteiger partial charge in [0.05, 0.1) is 23.5 Å². The summed E-state index contributed by atoms with van der Waals surface area (Å²) < 4.78 is 53.4. The molecular weight excluding hydrogens is 793 g/mol. The van der Waals surface area contributed by atoms with Gasteiger partial charge in [0.15, 0.2) is 17.5 Å². The highest BCUT2D eigenvalue weighted by Crippen LogP contribution is 2.50. The van der Waals surface area contributed by atoms with Gasteiger partial charge in [-0.05, 0) is 75.3 Å². The molecule has 0 bridgehead atoms. The molecule has 65 heavy (non-hydrogen) atoms. The number of benzene rings is 9. The molecule has 306 valence electrons. The van der Waals surface area contributed by atoms with Crippen molar-refractivity contribution in [2.24, 2.45) is 0 Å². The number of nitrogens with zero attached hydrogens (tertiary/aromatic N) is 4. The summed E-state index contributed by atoms with van der Waals surface area (Å²) in [5, 5.41) is 3.92. The Bertz CT molecular complexity index is 4090. The van der Waals surface area contributed by atoms with Gasteiger partial charge >= 0.3 is 0 Å². The highest BCUT2D eigenvalue weighted by molar-refractivity contribution is 6.15. The fraction of sp³-hybridized carbons (Fsp3) is 0.0500. The number of hydrogen-bond donors (Lipinski definition) is 0. The molecule has 5 nitrogen and oxygen atoms in total. The SMILES string of the molecule is [2H]c1c([2H])c([2H])c(-c2nc(-c3ccc4c(c3)C(C)(C)c3ccccc3-4)nc(-c3cc(-n4c5ccccc5c5ccccc54)cc4c3oc3c(-c5cccc(-c6ccccc6)c5)cccc34)n2)c([2H])c1[2H]. The van der Waals surface area contributed by atoms with Crippen LogP contribution in [0.15, 0.2) is 211 Å². The second kappa shape index (κ2) is 14.3. The molecule has 0 atom stereocenters. The van der Waals surface area contributed by atoms with Crippen LogP contribution in [0.5, 0.6) is 0 Å². The van der Waals surface area contributed by atoms with Crippen LogP contribution in [0.25, 0.3) is 117 Å². The van der Waals surface area contributed by atoms with Crippen molar-refractivity contribution in [3.63, 3.8) is 0 Å². The molecule has 13 rings (SSSR count). The van der Waals surface area contributed by atoms with E-state index in [-0.39, 0.29) is 28.5 Å². The predicted molar refractivity (Wildman–Crippen MR) is 266 cm³/mol. The molecule has 0 saturated heterocycles. The zero-order chi connectivity index (χ0) is 47.6. The van der Waals surface area contributed by atoms with Crippen molar-refractivity contribution in [1.82, 2.24) is 19.5 Å². The summed E-state index contributed by atoms with van der Waals surface area (Å²) in [6.45, 7) is 4.42. The van der Waals surface area contributed by atoms with Crippen molar-refractivity contribution in [2.75, 3.05) is 0 Å². The van der Waals surface area contributed by atoms with Gasteiger partial charge in [-0.2, -0.15) is 0 Å². The Kier molecular flexibility index (Phi) is 7.11. The second-order valence-corrected chi connectivity index (χ2v) is 17.2. The Labute approximate surface area is 383 Å². The lowest BCUT2D eigenvalue weighted by Crippen LogP contribution is -2.15. The van der Waals surface area contributed by atoms with Crippen molar-refractivity contribution >= 4 is 43.7 Å². The molecule has 12 aromatic rings. The number of para-hydroxylation sites is 3. The van der Waals surface area contributed by atoms with E-state index < -0.39 is 30.2 Å². The number of aromatic nitrogens is 4. The van der Waals surface area contributed by atoms with E-state index >= 15 is 0 Å². The molecule has 0 amide bonds. The molecule has 0 unspecified atom stereocenters. The molecule has 0 aliphatic heterocycles. The first kappa shape index (κ1) is 32.3. The summed E-state index contributed by atoms with van der Waals surface area (Å²) in [7, 11) is 0. The summed E-state index contributed by atoms with van der Waals surface area (Å²) in [4.78, 5) is 15.4. The molecule has 3 heterocycles. The maximum Gasteiger partial charge on any atom is 0.167 e. The van der Waals surface area contributed by atoms with Gasteiger partial charge in [-0.3, -0.25) is 0 Å². The fourth-order valence-corrected chi connectivity index (χ4v) is 10.0. The summed E-state index contributed by atoms with van der Waals surface area (Å²) in [5.41, 5.74) is 13.6. The Morgan fingerprint density at radius 2 is 1.02 bits per heavy atom. The monoisotopic (exact) mass is 837 g/mol. The minimum absolute atomic E-state index is 0.0509. The van der Waals surface area contributed by atoms with Gasteiger partial charge in [0.2, 0.25) is 0 Å². The zero-order valence-corrected chi connectivity index (χ0v) is 35.4. The van der Waals surface area contributed by atoms with E-state index in [1.165, 1.54) is 11.1 Å². The molecule has 0 saturated carbocycles. The fourth-order valence-electron chi connectivity index (χ4n) is 10.0. The summed E-state index contributed by atoms with van der Waals surface area (Å²) in [6.07, 6.45) is 0. The number of furan rings is 1. The van der Waals surface area contributed by atoms with E-state index in [9.17, 15) is 0 Å². The van der Waals surface area contributed by atoms with E-state index in [0.29, 0.717) is 22.3 Å². The Balaban J connectivity index is 1.12. The molecule has 1 aliphatic rings. The van der Waals surface area contributed by atoms with E-state index in [1.54, 1.807) is 0 Å². The first-order valence-corrected chi connectivity index (χ1v) is 21.8. The predicted octanol–water partition coefficient (Wildman–Crippen LogP) is 15.5. The minimum atomic E-state index is -0.498. The van der Waals surface area contributed by atoms with Gasteiger partial charge in [0.1, 0.15) is 11.2 Å². The average molecular weight is 838 g/mol. The lowest BCUT2D eigenvalue weighted by Gasteiger charge is -2.21. The quantitative estimate of drug-likeness (QED) is 0.167. The van der Waals surface area contributed by atoms with Gasteiger partial charge in [-0.1, -0.05) is 184 Å². The van der Waals surface area contributed by atoms with Crippen molar-refractivity contribution in [2.45, 2.75) is 19.3 Å². The van der Waals surface area contributed by atoms with Crippen molar-refractivity contribution in [1.29, 1.82) is 0 Å². The molecule has 3 aromatic heterocycles. The van der Waals surface area contributed by atoms with E-state index in [0.717, 1.165) is 71.6 Å². The lowest BCUT2D eigenvalue weighted by atomic mass is 9.82. The Hall–Kier alpha value is -8.41. The molecule has 0 fully saturated rings. The molecule has 0 N–H and O–H groups in total. The molecule has 1 aliphatic carbocycles. The number of rotatable bonds is 6. The van der Waals surface area contributed by atoms with Crippen LogP contribution in [-0.2, 0) is 5.41 Å². The van der Waals surface area contributed by atoms with Crippen molar-refractivity contribution in [3.05, 3.63) is 217 Å². The second-order valence-electron chi connectivity index (χ2n) is 17.2. The summed E-state index contributed by atoms with van der Waals surface area (Å²) in [6, 6.07) is 58.2. The van der Waals surface area contributed by atoms with Crippen LogP contribution in [0.3, 0.4) is 0 Å². The van der Waals surface area contributed by atoms with Crippen LogP contribution in [0.2, 0.25) is 0 Å². The van der Waals surface area contributed by atoms with Crippen LogP contribution in [0.4, 0.5) is 0 Å². The molecular formula is C60H40N4O. The topological polar surface area (TPSA) is 56.7 Å². The van der Waals surface area contributed by atoms with Gasteiger partial charge in [0.25, 0.3) is 0 Å². The van der Waals surface area contributed by atoms with Crippen LogP contribution in [0, 0.1) is 0 Å².